The minimum absolute atomic E-state index is 0.184. The Balaban J connectivity index is 1.92. The minimum Gasteiger partial charge on any atom is -0.328 e. The zero-order valence-electron chi connectivity index (χ0n) is 12.9. The Kier molecular flexibility index (Phi) is 3.81. The molecule has 4 heteroatoms. The van der Waals surface area contributed by atoms with Crippen LogP contribution in [0.2, 0.25) is 0 Å². The number of para-hydroxylation sites is 2. The molecule has 1 unspecified atom stereocenters. The van der Waals surface area contributed by atoms with Crippen molar-refractivity contribution in [1.82, 2.24) is 14.9 Å². The first-order valence-corrected chi connectivity index (χ1v) is 7.88. The van der Waals surface area contributed by atoms with Gasteiger partial charge in [-0.05, 0) is 38.4 Å². The number of aromatic nitrogens is 2. The van der Waals surface area contributed by atoms with Gasteiger partial charge in [-0.3, -0.25) is 4.79 Å². The van der Waals surface area contributed by atoms with Crippen LogP contribution in [0.5, 0.6) is 0 Å². The number of fused-ring (bicyclic) bond motifs is 1. The number of Topliss-reactive ketones (excluding diaryl/α,β-unsaturated/α-hetero) is 1. The van der Waals surface area contributed by atoms with Crippen molar-refractivity contribution < 1.29 is 4.79 Å². The molecule has 1 aromatic heterocycles. The van der Waals surface area contributed by atoms with Gasteiger partial charge in [-0.15, -0.1) is 0 Å². The zero-order chi connectivity index (χ0) is 14.9. The van der Waals surface area contributed by atoms with Crippen molar-refractivity contribution in [2.24, 2.45) is 5.41 Å². The van der Waals surface area contributed by atoms with E-state index in [1.807, 2.05) is 18.2 Å². The van der Waals surface area contributed by atoms with Gasteiger partial charge in [0, 0.05) is 18.5 Å². The third-order valence-corrected chi connectivity index (χ3v) is 4.88. The molecule has 0 bridgehead atoms. The summed E-state index contributed by atoms with van der Waals surface area (Å²) >= 11 is 0. The molecule has 1 aliphatic heterocycles. The predicted octanol–water partition coefficient (Wildman–Crippen LogP) is 2.56. The number of imidazole rings is 1. The van der Waals surface area contributed by atoms with Gasteiger partial charge < -0.3 is 9.88 Å². The van der Waals surface area contributed by atoms with Crippen molar-refractivity contribution in [2.45, 2.75) is 39.7 Å². The lowest BCUT2D eigenvalue weighted by molar-refractivity contribution is -0.127. The number of aryl methyl sites for hydroxylation is 1. The number of ketones is 1. The summed E-state index contributed by atoms with van der Waals surface area (Å²) in [5.74, 6) is 1.24. The average molecular weight is 285 g/mol. The van der Waals surface area contributed by atoms with Crippen LogP contribution in [0, 0.1) is 5.41 Å². The third kappa shape index (κ3) is 2.38. The Bertz CT molecular complexity index is 653. The summed E-state index contributed by atoms with van der Waals surface area (Å²) in [5, 5.41) is 3.34. The number of carbonyl (C=O) groups excluding carboxylic acids is 1. The molecule has 1 aliphatic rings. The second kappa shape index (κ2) is 5.60. The van der Waals surface area contributed by atoms with Crippen molar-refractivity contribution in [1.29, 1.82) is 0 Å². The molecule has 3 rings (SSSR count). The first-order valence-electron chi connectivity index (χ1n) is 7.88. The standard InChI is InChI=1S/C17H23N3O/c1-3-17(9-10-18-12-17)15(21)11-16-19-13-7-5-6-8-14(13)20(16)4-2/h5-8,18H,3-4,9-12H2,1-2H3. The molecule has 0 saturated carbocycles. The molecule has 1 atom stereocenters. The fraction of sp³-hybridized carbons (Fsp3) is 0.529. The highest BCUT2D eigenvalue weighted by Crippen LogP contribution is 2.32. The van der Waals surface area contributed by atoms with Crippen LogP contribution in [-0.4, -0.2) is 28.4 Å². The van der Waals surface area contributed by atoms with Gasteiger partial charge in [0.15, 0.2) is 0 Å². The normalized spacial score (nSPS) is 22.0. The number of benzene rings is 1. The van der Waals surface area contributed by atoms with Crippen molar-refractivity contribution in [3.8, 4) is 0 Å². The lowest BCUT2D eigenvalue weighted by Crippen LogP contribution is -2.34. The smallest absolute Gasteiger partial charge is 0.147 e. The molecule has 4 nitrogen and oxygen atoms in total. The number of rotatable bonds is 5. The van der Waals surface area contributed by atoms with E-state index in [0.717, 1.165) is 49.3 Å². The molecule has 112 valence electrons. The molecule has 1 saturated heterocycles. The monoisotopic (exact) mass is 285 g/mol. The molecular formula is C17H23N3O. The lowest BCUT2D eigenvalue weighted by atomic mass is 9.78. The van der Waals surface area contributed by atoms with Gasteiger partial charge in [-0.1, -0.05) is 19.1 Å². The number of hydrogen-bond donors (Lipinski definition) is 1. The maximum Gasteiger partial charge on any atom is 0.147 e. The van der Waals surface area contributed by atoms with Crippen LogP contribution in [0.15, 0.2) is 24.3 Å². The highest BCUT2D eigenvalue weighted by atomic mass is 16.1. The van der Waals surface area contributed by atoms with E-state index in [2.05, 4.69) is 34.8 Å². The molecule has 21 heavy (non-hydrogen) atoms. The molecule has 2 aromatic rings. The maximum atomic E-state index is 12.8. The Morgan fingerprint density at radius 3 is 2.86 bits per heavy atom. The first-order chi connectivity index (χ1) is 10.2. The molecule has 1 N–H and O–H groups in total. The summed E-state index contributed by atoms with van der Waals surface area (Å²) in [5.41, 5.74) is 1.92. The van der Waals surface area contributed by atoms with Gasteiger partial charge in [0.05, 0.1) is 17.5 Å². The summed E-state index contributed by atoms with van der Waals surface area (Å²) in [4.78, 5) is 17.5. The molecule has 0 amide bonds. The largest absolute Gasteiger partial charge is 0.328 e. The fourth-order valence-electron chi connectivity index (χ4n) is 3.42. The number of carbonyl (C=O) groups is 1. The van der Waals surface area contributed by atoms with Crippen LogP contribution < -0.4 is 5.32 Å². The van der Waals surface area contributed by atoms with Gasteiger partial charge in [-0.2, -0.15) is 0 Å². The van der Waals surface area contributed by atoms with Crippen LogP contribution in [-0.2, 0) is 17.8 Å². The molecule has 0 radical (unpaired) electrons. The zero-order valence-corrected chi connectivity index (χ0v) is 12.9. The number of nitrogens with zero attached hydrogens (tertiary/aromatic N) is 2. The second-order valence-electron chi connectivity index (χ2n) is 5.92. The summed E-state index contributed by atoms with van der Waals surface area (Å²) in [6, 6.07) is 8.11. The van der Waals surface area contributed by atoms with Crippen molar-refractivity contribution >= 4 is 16.8 Å². The topological polar surface area (TPSA) is 46.9 Å². The summed E-state index contributed by atoms with van der Waals surface area (Å²) < 4.78 is 2.17. The second-order valence-corrected chi connectivity index (χ2v) is 5.92. The third-order valence-electron chi connectivity index (χ3n) is 4.88. The van der Waals surface area contributed by atoms with Crippen LogP contribution in [0.4, 0.5) is 0 Å². The van der Waals surface area contributed by atoms with E-state index in [-0.39, 0.29) is 5.41 Å². The summed E-state index contributed by atoms with van der Waals surface area (Å²) in [6.07, 6.45) is 2.30. The predicted molar refractivity (Wildman–Crippen MR) is 84.3 cm³/mol. The van der Waals surface area contributed by atoms with E-state index >= 15 is 0 Å². The van der Waals surface area contributed by atoms with Crippen LogP contribution in [0.1, 0.15) is 32.5 Å². The number of nitrogens with one attached hydrogen (secondary N) is 1. The van der Waals surface area contributed by atoms with E-state index in [1.165, 1.54) is 0 Å². The molecule has 0 spiro atoms. The fourth-order valence-corrected chi connectivity index (χ4v) is 3.42. The molecule has 0 aliphatic carbocycles. The van der Waals surface area contributed by atoms with Gasteiger partial charge >= 0.3 is 0 Å². The highest BCUT2D eigenvalue weighted by molar-refractivity contribution is 5.88. The van der Waals surface area contributed by atoms with E-state index in [9.17, 15) is 4.79 Å². The number of hydrogen-bond acceptors (Lipinski definition) is 3. The van der Waals surface area contributed by atoms with Gasteiger partial charge in [-0.25, -0.2) is 4.98 Å². The van der Waals surface area contributed by atoms with E-state index < -0.39 is 0 Å². The van der Waals surface area contributed by atoms with Crippen LogP contribution in [0.3, 0.4) is 0 Å². The highest BCUT2D eigenvalue weighted by Gasteiger charge is 2.39. The van der Waals surface area contributed by atoms with Crippen LogP contribution >= 0.6 is 0 Å². The minimum atomic E-state index is -0.184. The van der Waals surface area contributed by atoms with E-state index in [4.69, 9.17) is 0 Å². The lowest BCUT2D eigenvalue weighted by Gasteiger charge is -2.24. The van der Waals surface area contributed by atoms with Gasteiger partial charge in [0.2, 0.25) is 0 Å². The molecule has 1 fully saturated rings. The Morgan fingerprint density at radius 2 is 2.19 bits per heavy atom. The maximum absolute atomic E-state index is 12.8. The summed E-state index contributed by atoms with van der Waals surface area (Å²) in [7, 11) is 0. The first kappa shape index (κ1) is 14.3. The Labute approximate surface area is 125 Å². The molecule has 2 heterocycles. The SMILES string of the molecule is CCn1c(CC(=O)C2(CC)CCNC2)nc2ccccc21. The van der Waals surface area contributed by atoms with Crippen LogP contribution in [0.25, 0.3) is 11.0 Å². The average Bonchev–Trinajstić information content (AvgIpc) is 3.12. The van der Waals surface area contributed by atoms with E-state index in [1.54, 1.807) is 0 Å². The van der Waals surface area contributed by atoms with Crippen molar-refractivity contribution in [2.75, 3.05) is 13.1 Å². The van der Waals surface area contributed by atoms with Crippen molar-refractivity contribution in [3.05, 3.63) is 30.1 Å². The quantitative estimate of drug-likeness (QED) is 0.918. The Morgan fingerprint density at radius 1 is 1.38 bits per heavy atom. The Hall–Kier alpha value is -1.68. The van der Waals surface area contributed by atoms with E-state index in [0.29, 0.717) is 12.2 Å². The van der Waals surface area contributed by atoms with Gasteiger partial charge in [0.1, 0.15) is 11.6 Å². The molecule has 1 aromatic carbocycles. The van der Waals surface area contributed by atoms with Gasteiger partial charge in [0.25, 0.3) is 0 Å². The molecular weight excluding hydrogens is 262 g/mol. The summed E-state index contributed by atoms with van der Waals surface area (Å²) in [6.45, 7) is 6.83. The van der Waals surface area contributed by atoms with Crippen molar-refractivity contribution in [3.63, 3.8) is 0 Å².